The van der Waals surface area contributed by atoms with Crippen LogP contribution in [-0.4, -0.2) is 0 Å². The van der Waals surface area contributed by atoms with Gasteiger partial charge >= 0.3 is 0 Å². The van der Waals surface area contributed by atoms with Crippen molar-refractivity contribution in [3.8, 4) is 12.3 Å². The SMILES string of the molecule is C#Cc1cccc(NC(C)c2sccc2C)c1. The van der Waals surface area contributed by atoms with Crippen molar-refractivity contribution in [1.29, 1.82) is 0 Å². The minimum Gasteiger partial charge on any atom is -0.378 e. The predicted molar refractivity (Wildman–Crippen MR) is 75.5 cm³/mol. The molecule has 0 fully saturated rings. The van der Waals surface area contributed by atoms with E-state index < -0.39 is 0 Å². The summed E-state index contributed by atoms with van der Waals surface area (Å²) in [4.78, 5) is 1.37. The summed E-state index contributed by atoms with van der Waals surface area (Å²) in [7, 11) is 0. The Balaban J connectivity index is 2.16. The number of nitrogens with one attached hydrogen (secondary N) is 1. The van der Waals surface area contributed by atoms with Crippen molar-refractivity contribution in [2.45, 2.75) is 19.9 Å². The Labute approximate surface area is 107 Å². The van der Waals surface area contributed by atoms with E-state index in [0.29, 0.717) is 6.04 Å². The standard InChI is InChI=1S/C15H15NS/c1-4-13-6-5-7-14(10-13)16-12(3)15-11(2)8-9-17-15/h1,5-10,12,16H,2-3H3. The highest BCUT2D eigenvalue weighted by atomic mass is 32.1. The predicted octanol–water partition coefficient (Wildman–Crippen LogP) is 4.21. The van der Waals surface area contributed by atoms with Crippen LogP contribution in [0.2, 0.25) is 0 Å². The number of hydrogen-bond acceptors (Lipinski definition) is 2. The van der Waals surface area contributed by atoms with Gasteiger partial charge in [-0.1, -0.05) is 12.0 Å². The highest BCUT2D eigenvalue weighted by Gasteiger charge is 2.09. The van der Waals surface area contributed by atoms with Crippen LogP contribution in [0.3, 0.4) is 0 Å². The first-order valence-corrected chi connectivity index (χ1v) is 6.46. The van der Waals surface area contributed by atoms with Gasteiger partial charge in [-0.05, 0) is 49.1 Å². The Kier molecular flexibility index (Phi) is 3.51. The maximum atomic E-state index is 5.39. The fourth-order valence-corrected chi connectivity index (χ4v) is 2.78. The monoisotopic (exact) mass is 241 g/mol. The van der Waals surface area contributed by atoms with Crippen LogP contribution in [0.5, 0.6) is 0 Å². The van der Waals surface area contributed by atoms with E-state index in [9.17, 15) is 0 Å². The molecule has 0 amide bonds. The molecule has 1 atom stereocenters. The lowest BCUT2D eigenvalue weighted by atomic mass is 10.1. The minimum atomic E-state index is 0.308. The zero-order chi connectivity index (χ0) is 12.3. The highest BCUT2D eigenvalue weighted by Crippen LogP contribution is 2.26. The second-order valence-corrected chi connectivity index (χ2v) is 5.01. The molecule has 1 heterocycles. The second kappa shape index (κ2) is 5.07. The molecule has 17 heavy (non-hydrogen) atoms. The summed E-state index contributed by atoms with van der Waals surface area (Å²) in [5.41, 5.74) is 3.31. The van der Waals surface area contributed by atoms with Crippen LogP contribution in [0.25, 0.3) is 0 Å². The molecule has 0 saturated carbocycles. The van der Waals surface area contributed by atoms with Gasteiger partial charge in [-0.3, -0.25) is 0 Å². The molecular weight excluding hydrogens is 226 g/mol. The lowest BCUT2D eigenvalue weighted by molar-refractivity contribution is 0.899. The zero-order valence-corrected chi connectivity index (χ0v) is 10.8. The average molecular weight is 241 g/mol. The lowest BCUT2D eigenvalue weighted by Gasteiger charge is -2.15. The molecule has 86 valence electrons. The zero-order valence-electron chi connectivity index (χ0n) is 10.0. The Morgan fingerprint density at radius 2 is 2.18 bits per heavy atom. The first kappa shape index (κ1) is 11.8. The van der Waals surface area contributed by atoms with E-state index in [1.807, 2.05) is 24.3 Å². The molecule has 1 nitrogen and oxygen atoms in total. The summed E-state index contributed by atoms with van der Waals surface area (Å²) in [6.07, 6.45) is 5.39. The van der Waals surface area contributed by atoms with Gasteiger partial charge in [0, 0.05) is 16.1 Å². The van der Waals surface area contributed by atoms with E-state index >= 15 is 0 Å². The average Bonchev–Trinajstić information content (AvgIpc) is 2.76. The van der Waals surface area contributed by atoms with E-state index in [1.54, 1.807) is 11.3 Å². The molecule has 2 rings (SSSR count). The maximum absolute atomic E-state index is 5.39. The molecule has 0 aliphatic rings. The molecule has 1 N–H and O–H groups in total. The topological polar surface area (TPSA) is 12.0 Å². The molecule has 0 aliphatic carbocycles. The van der Waals surface area contributed by atoms with Crippen LogP contribution in [0.1, 0.15) is 29.0 Å². The maximum Gasteiger partial charge on any atom is 0.0581 e. The van der Waals surface area contributed by atoms with Gasteiger partial charge in [-0.2, -0.15) is 0 Å². The van der Waals surface area contributed by atoms with Crippen LogP contribution in [0, 0.1) is 19.3 Å². The third-order valence-electron chi connectivity index (χ3n) is 2.71. The summed E-state index contributed by atoms with van der Waals surface area (Å²) < 4.78 is 0. The molecular formula is C15H15NS. The van der Waals surface area contributed by atoms with Gasteiger partial charge in [-0.25, -0.2) is 0 Å². The number of hydrogen-bond donors (Lipinski definition) is 1. The second-order valence-electron chi connectivity index (χ2n) is 4.06. The molecule has 1 aromatic carbocycles. The van der Waals surface area contributed by atoms with Gasteiger partial charge < -0.3 is 5.32 Å². The minimum absolute atomic E-state index is 0.308. The van der Waals surface area contributed by atoms with Crippen LogP contribution < -0.4 is 5.32 Å². The lowest BCUT2D eigenvalue weighted by Crippen LogP contribution is -2.05. The van der Waals surface area contributed by atoms with E-state index in [1.165, 1.54) is 10.4 Å². The number of rotatable bonds is 3. The number of anilines is 1. The fraction of sp³-hybridized carbons (Fsp3) is 0.200. The first-order valence-electron chi connectivity index (χ1n) is 5.58. The van der Waals surface area contributed by atoms with Gasteiger partial charge in [0.2, 0.25) is 0 Å². The van der Waals surface area contributed by atoms with Crippen molar-refractivity contribution < 1.29 is 0 Å². The van der Waals surface area contributed by atoms with Crippen LogP contribution in [0.15, 0.2) is 35.7 Å². The van der Waals surface area contributed by atoms with Gasteiger partial charge in [-0.15, -0.1) is 17.8 Å². The molecule has 0 saturated heterocycles. The molecule has 1 aromatic heterocycles. The van der Waals surface area contributed by atoms with Crippen molar-refractivity contribution >= 4 is 17.0 Å². The smallest absolute Gasteiger partial charge is 0.0581 e. The molecule has 0 radical (unpaired) electrons. The summed E-state index contributed by atoms with van der Waals surface area (Å²) in [6.45, 7) is 4.31. The molecule has 1 unspecified atom stereocenters. The molecule has 2 heteroatoms. The Bertz CT molecular complexity index is 548. The van der Waals surface area contributed by atoms with Crippen molar-refractivity contribution in [3.63, 3.8) is 0 Å². The number of aryl methyl sites for hydroxylation is 1. The first-order chi connectivity index (χ1) is 8.20. The van der Waals surface area contributed by atoms with Gasteiger partial charge in [0.05, 0.1) is 6.04 Å². The number of terminal acetylenes is 1. The van der Waals surface area contributed by atoms with E-state index in [4.69, 9.17) is 6.42 Å². The van der Waals surface area contributed by atoms with E-state index in [-0.39, 0.29) is 0 Å². The summed E-state index contributed by atoms with van der Waals surface area (Å²) in [6, 6.07) is 10.4. The molecule has 0 spiro atoms. The van der Waals surface area contributed by atoms with Crippen molar-refractivity contribution in [2.75, 3.05) is 5.32 Å². The Hall–Kier alpha value is -1.72. The molecule has 0 bridgehead atoms. The molecule has 0 aliphatic heterocycles. The van der Waals surface area contributed by atoms with Gasteiger partial charge in [0.15, 0.2) is 0 Å². The largest absolute Gasteiger partial charge is 0.378 e. The van der Waals surface area contributed by atoms with Crippen molar-refractivity contribution in [2.24, 2.45) is 0 Å². The van der Waals surface area contributed by atoms with Crippen LogP contribution in [0.4, 0.5) is 5.69 Å². The van der Waals surface area contributed by atoms with Gasteiger partial charge in [0.25, 0.3) is 0 Å². The quantitative estimate of drug-likeness (QED) is 0.794. The van der Waals surface area contributed by atoms with E-state index in [0.717, 1.165) is 11.3 Å². The number of thiophene rings is 1. The summed E-state index contributed by atoms with van der Waals surface area (Å²) in [5, 5.41) is 5.60. The van der Waals surface area contributed by atoms with Gasteiger partial charge in [0.1, 0.15) is 0 Å². The summed E-state index contributed by atoms with van der Waals surface area (Å²) >= 11 is 1.78. The Morgan fingerprint density at radius 1 is 1.35 bits per heavy atom. The van der Waals surface area contributed by atoms with Crippen molar-refractivity contribution in [3.05, 3.63) is 51.7 Å². The van der Waals surface area contributed by atoms with Crippen LogP contribution >= 0.6 is 11.3 Å². The Morgan fingerprint density at radius 3 is 2.82 bits per heavy atom. The normalized spacial score (nSPS) is 11.8. The third-order valence-corrected chi connectivity index (χ3v) is 3.91. The van der Waals surface area contributed by atoms with E-state index in [2.05, 4.69) is 36.5 Å². The van der Waals surface area contributed by atoms with Crippen LogP contribution in [-0.2, 0) is 0 Å². The highest BCUT2D eigenvalue weighted by molar-refractivity contribution is 7.10. The third kappa shape index (κ3) is 2.69. The summed E-state index contributed by atoms with van der Waals surface area (Å²) in [5.74, 6) is 2.65. The van der Waals surface area contributed by atoms with Crippen molar-refractivity contribution in [1.82, 2.24) is 0 Å². The molecule has 2 aromatic rings. The number of benzene rings is 1. The fourth-order valence-electron chi connectivity index (χ4n) is 1.84.